The standard InChI is InChI=1S/C14H24N2/c1-4-16(14(2,3)12-15)11-10-13-8-6-5-7-9-13/h5-9H,4,10-12,15H2,1-3H3. The van der Waals surface area contributed by atoms with Crippen LogP contribution in [0.5, 0.6) is 0 Å². The summed E-state index contributed by atoms with van der Waals surface area (Å²) in [4.78, 5) is 2.44. The van der Waals surface area contributed by atoms with Gasteiger partial charge in [0.25, 0.3) is 0 Å². The van der Waals surface area contributed by atoms with E-state index in [0.717, 1.165) is 19.5 Å². The van der Waals surface area contributed by atoms with E-state index in [1.807, 2.05) is 0 Å². The Morgan fingerprint density at radius 2 is 1.81 bits per heavy atom. The molecule has 1 aromatic rings. The molecule has 0 amide bonds. The molecule has 0 atom stereocenters. The Balaban J connectivity index is 2.53. The van der Waals surface area contributed by atoms with E-state index in [9.17, 15) is 0 Å². The lowest BCUT2D eigenvalue weighted by Gasteiger charge is -2.37. The molecule has 0 unspecified atom stereocenters. The molecule has 0 aliphatic carbocycles. The average molecular weight is 220 g/mol. The highest BCUT2D eigenvalue weighted by molar-refractivity contribution is 5.15. The predicted octanol–water partition coefficient (Wildman–Crippen LogP) is 2.29. The maximum absolute atomic E-state index is 5.81. The minimum atomic E-state index is 0.101. The Kier molecular flexibility index (Phi) is 4.97. The van der Waals surface area contributed by atoms with Crippen LogP contribution in [0.3, 0.4) is 0 Å². The second-order valence-electron chi connectivity index (χ2n) is 4.83. The van der Waals surface area contributed by atoms with Crippen molar-refractivity contribution in [2.75, 3.05) is 19.6 Å². The van der Waals surface area contributed by atoms with E-state index < -0.39 is 0 Å². The zero-order valence-corrected chi connectivity index (χ0v) is 10.7. The van der Waals surface area contributed by atoms with Gasteiger partial charge in [0.1, 0.15) is 0 Å². The summed E-state index contributed by atoms with van der Waals surface area (Å²) >= 11 is 0. The highest BCUT2D eigenvalue weighted by Crippen LogP contribution is 2.13. The van der Waals surface area contributed by atoms with E-state index in [1.54, 1.807) is 0 Å². The Morgan fingerprint density at radius 1 is 1.19 bits per heavy atom. The average Bonchev–Trinajstić information content (AvgIpc) is 2.31. The normalized spacial score (nSPS) is 12.1. The summed E-state index contributed by atoms with van der Waals surface area (Å²) in [5, 5.41) is 0. The van der Waals surface area contributed by atoms with Crippen molar-refractivity contribution in [2.24, 2.45) is 5.73 Å². The molecule has 2 heteroatoms. The summed E-state index contributed by atoms with van der Waals surface area (Å²) in [7, 11) is 0. The van der Waals surface area contributed by atoms with Crippen molar-refractivity contribution >= 4 is 0 Å². The Morgan fingerprint density at radius 3 is 2.31 bits per heavy atom. The molecule has 0 saturated heterocycles. The van der Waals surface area contributed by atoms with Gasteiger partial charge in [-0.15, -0.1) is 0 Å². The van der Waals surface area contributed by atoms with E-state index in [1.165, 1.54) is 5.56 Å². The van der Waals surface area contributed by atoms with E-state index in [4.69, 9.17) is 5.73 Å². The number of hydrogen-bond acceptors (Lipinski definition) is 2. The SMILES string of the molecule is CCN(CCc1ccccc1)C(C)(C)CN. The van der Waals surface area contributed by atoms with E-state index in [0.29, 0.717) is 6.54 Å². The largest absolute Gasteiger partial charge is 0.329 e. The van der Waals surface area contributed by atoms with Crippen LogP contribution in [-0.4, -0.2) is 30.1 Å². The molecule has 1 rings (SSSR count). The number of likely N-dealkylation sites (N-methyl/N-ethyl adjacent to an activating group) is 1. The van der Waals surface area contributed by atoms with Crippen LogP contribution in [0.25, 0.3) is 0 Å². The second kappa shape index (κ2) is 6.02. The van der Waals surface area contributed by atoms with Gasteiger partial charge in [-0.3, -0.25) is 4.90 Å². The molecule has 0 saturated carbocycles. The fourth-order valence-electron chi connectivity index (χ4n) is 1.93. The van der Waals surface area contributed by atoms with Crippen LogP contribution in [0.1, 0.15) is 26.3 Å². The number of hydrogen-bond donors (Lipinski definition) is 1. The summed E-state index contributed by atoms with van der Waals surface area (Å²) in [6, 6.07) is 10.6. The van der Waals surface area contributed by atoms with Gasteiger partial charge in [-0.05, 0) is 32.4 Å². The molecule has 0 radical (unpaired) electrons. The predicted molar refractivity (Wildman–Crippen MR) is 70.5 cm³/mol. The lowest BCUT2D eigenvalue weighted by Crippen LogP contribution is -2.49. The lowest BCUT2D eigenvalue weighted by molar-refractivity contribution is 0.136. The van der Waals surface area contributed by atoms with Crippen molar-refractivity contribution < 1.29 is 0 Å². The van der Waals surface area contributed by atoms with Gasteiger partial charge in [-0.25, -0.2) is 0 Å². The van der Waals surface area contributed by atoms with Gasteiger partial charge in [-0.1, -0.05) is 37.3 Å². The smallest absolute Gasteiger partial charge is 0.0275 e. The molecule has 0 aromatic heterocycles. The Hall–Kier alpha value is -0.860. The molecule has 0 heterocycles. The molecule has 0 aliphatic rings. The van der Waals surface area contributed by atoms with Crippen molar-refractivity contribution in [3.63, 3.8) is 0 Å². The van der Waals surface area contributed by atoms with Crippen molar-refractivity contribution in [2.45, 2.75) is 32.7 Å². The van der Waals surface area contributed by atoms with E-state index in [-0.39, 0.29) is 5.54 Å². The van der Waals surface area contributed by atoms with Crippen LogP contribution < -0.4 is 5.73 Å². The first-order valence-corrected chi connectivity index (χ1v) is 6.09. The first-order valence-electron chi connectivity index (χ1n) is 6.09. The number of nitrogens with two attached hydrogens (primary N) is 1. The molecule has 0 bridgehead atoms. The van der Waals surface area contributed by atoms with E-state index >= 15 is 0 Å². The van der Waals surface area contributed by atoms with Gasteiger partial charge >= 0.3 is 0 Å². The van der Waals surface area contributed by atoms with Gasteiger partial charge in [0.2, 0.25) is 0 Å². The molecule has 16 heavy (non-hydrogen) atoms. The summed E-state index contributed by atoms with van der Waals surface area (Å²) in [6.45, 7) is 9.45. The molecule has 0 fully saturated rings. The summed E-state index contributed by atoms with van der Waals surface area (Å²) < 4.78 is 0. The van der Waals surface area contributed by atoms with Crippen LogP contribution >= 0.6 is 0 Å². The topological polar surface area (TPSA) is 29.3 Å². The second-order valence-corrected chi connectivity index (χ2v) is 4.83. The molecular weight excluding hydrogens is 196 g/mol. The van der Waals surface area contributed by atoms with Gasteiger partial charge < -0.3 is 5.73 Å². The zero-order valence-electron chi connectivity index (χ0n) is 10.7. The molecule has 2 N–H and O–H groups in total. The van der Waals surface area contributed by atoms with Gasteiger partial charge in [0.15, 0.2) is 0 Å². The zero-order chi connectivity index (χ0) is 12.0. The van der Waals surface area contributed by atoms with Crippen LogP contribution in [-0.2, 0) is 6.42 Å². The maximum Gasteiger partial charge on any atom is 0.0275 e. The summed E-state index contributed by atoms with van der Waals surface area (Å²) in [5.74, 6) is 0. The Bertz CT molecular complexity index is 293. The Labute approximate surface area is 99.5 Å². The number of benzene rings is 1. The van der Waals surface area contributed by atoms with Crippen LogP contribution in [0.2, 0.25) is 0 Å². The number of nitrogens with zero attached hydrogens (tertiary/aromatic N) is 1. The van der Waals surface area contributed by atoms with E-state index in [2.05, 4.69) is 56.0 Å². The van der Waals surface area contributed by atoms with Crippen LogP contribution in [0.15, 0.2) is 30.3 Å². The van der Waals surface area contributed by atoms with Crippen molar-refractivity contribution in [1.29, 1.82) is 0 Å². The molecule has 0 spiro atoms. The first kappa shape index (κ1) is 13.2. The van der Waals surface area contributed by atoms with Gasteiger partial charge in [0, 0.05) is 18.6 Å². The van der Waals surface area contributed by atoms with Crippen molar-refractivity contribution in [3.8, 4) is 0 Å². The molecular formula is C14H24N2. The third kappa shape index (κ3) is 3.62. The minimum Gasteiger partial charge on any atom is -0.329 e. The highest BCUT2D eigenvalue weighted by atomic mass is 15.2. The quantitative estimate of drug-likeness (QED) is 0.797. The summed E-state index contributed by atoms with van der Waals surface area (Å²) in [5.41, 5.74) is 7.31. The minimum absolute atomic E-state index is 0.101. The monoisotopic (exact) mass is 220 g/mol. The molecule has 2 nitrogen and oxygen atoms in total. The van der Waals surface area contributed by atoms with Crippen molar-refractivity contribution in [1.82, 2.24) is 4.90 Å². The third-order valence-corrected chi connectivity index (χ3v) is 3.25. The molecule has 1 aromatic carbocycles. The van der Waals surface area contributed by atoms with Crippen LogP contribution in [0, 0.1) is 0 Å². The highest BCUT2D eigenvalue weighted by Gasteiger charge is 2.22. The fraction of sp³-hybridized carbons (Fsp3) is 0.571. The lowest BCUT2D eigenvalue weighted by atomic mass is 10.0. The molecule has 0 aliphatic heterocycles. The maximum atomic E-state index is 5.81. The third-order valence-electron chi connectivity index (χ3n) is 3.25. The fourth-order valence-corrected chi connectivity index (χ4v) is 1.93. The molecule has 90 valence electrons. The van der Waals surface area contributed by atoms with Crippen LogP contribution in [0.4, 0.5) is 0 Å². The van der Waals surface area contributed by atoms with Gasteiger partial charge in [0.05, 0.1) is 0 Å². The summed E-state index contributed by atoms with van der Waals surface area (Å²) in [6.07, 6.45) is 1.10. The van der Waals surface area contributed by atoms with Gasteiger partial charge in [-0.2, -0.15) is 0 Å². The number of rotatable bonds is 6. The first-order chi connectivity index (χ1) is 7.60. The van der Waals surface area contributed by atoms with Crippen molar-refractivity contribution in [3.05, 3.63) is 35.9 Å².